The van der Waals surface area contributed by atoms with Gasteiger partial charge in [0.25, 0.3) is 0 Å². The number of fused-ring (bicyclic) bond motifs is 3. The van der Waals surface area contributed by atoms with E-state index in [2.05, 4.69) is 10.6 Å². The lowest BCUT2D eigenvalue weighted by Gasteiger charge is -2.48. The van der Waals surface area contributed by atoms with E-state index >= 15 is 0 Å². The molecule has 5 aromatic carbocycles. The van der Waals surface area contributed by atoms with Gasteiger partial charge in [-0.25, -0.2) is 19.2 Å². The monoisotopic (exact) mass is 1100 g/mol. The lowest BCUT2D eigenvalue weighted by atomic mass is 9.77. The molecule has 8 rings (SSSR count). The number of rotatable bonds is 20. The number of carbonyl (C=O) groups excluding carboxylic acids is 4. The zero-order valence-electron chi connectivity index (χ0n) is 45.2. The number of benzene rings is 5. The Bertz CT molecular complexity index is 2770. The van der Waals surface area contributed by atoms with Gasteiger partial charge >= 0.3 is 24.0 Å². The summed E-state index contributed by atoms with van der Waals surface area (Å²) in [4.78, 5) is 68.2. The Balaban J connectivity index is 1.16. The van der Waals surface area contributed by atoms with Crippen molar-refractivity contribution in [3.8, 4) is 11.1 Å². The molecular formula is C60H68N2O18. The maximum absolute atomic E-state index is 14.7. The van der Waals surface area contributed by atoms with Gasteiger partial charge in [0.05, 0.1) is 6.61 Å². The van der Waals surface area contributed by atoms with Crippen LogP contribution in [0.2, 0.25) is 0 Å². The first kappa shape index (κ1) is 59.0. The minimum Gasteiger partial charge on any atom is -0.479 e. The van der Waals surface area contributed by atoms with Crippen LogP contribution < -0.4 is 10.6 Å². The van der Waals surface area contributed by atoms with Crippen molar-refractivity contribution in [2.75, 3.05) is 33.0 Å². The van der Waals surface area contributed by atoms with Crippen molar-refractivity contribution in [3.05, 3.63) is 167 Å². The van der Waals surface area contributed by atoms with Crippen molar-refractivity contribution in [1.82, 2.24) is 10.6 Å². The Hall–Kier alpha value is -7.11. The third-order valence-corrected chi connectivity index (χ3v) is 13.5. The molecule has 10 atom stereocenters. The highest BCUT2D eigenvalue weighted by Gasteiger charge is 2.55. The molecule has 0 unspecified atom stereocenters. The highest BCUT2D eigenvalue weighted by molar-refractivity contribution is 5.81. The normalized spacial score (nSPS) is 23.9. The Morgan fingerprint density at radius 3 is 1.51 bits per heavy atom. The molecular weight excluding hydrogens is 1040 g/mol. The summed E-state index contributed by atoms with van der Waals surface area (Å²) >= 11 is 0. The van der Waals surface area contributed by atoms with Crippen LogP contribution >= 0.6 is 0 Å². The highest BCUT2D eigenvalue weighted by Crippen LogP contribution is 2.45. The zero-order valence-corrected chi connectivity index (χ0v) is 45.2. The molecule has 0 spiro atoms. The van der Waals surface area contributed by atoms with Crippen LogP contribution in [-0.4, -0.2) is 156 Å². The summed E-state index contributed by atoms with van der Waals surface area (Å²) in [7, 11) is 0. The molecule has 3 aliphatic rings. The number of alkyl carbamates (subject to hydrolysis) is 1. The van der Waals surface area contributed by atoms with E-state index in [0.29, 0.717) is 16.7 Å². The van der Waals surface area contributed by atoms with Crippen LogP contribution in [0.5, 0.6) is 0 Å². The van der Waals surface area contributed by atoms with Crippen molar-refractivity contribution in [2.45, 2.75) is 126 Å². The number of aliphatic hydroxyl groups excluding tert-OH is 3. The van der Waals surface area contributed by atoms with Crippen LogP contribution in [0.3, 0.4) is 0 Å². The van der Waals surface area contributed by atoms with Crippen molar-refractivity contribution < 1.29 is 87.0 Å². The Kier molecular flexibility index (Phi) is 18.9. The lowest BCUT2D eigenvalue weighted by molar-refractivity contribution is -0.350. The Morgan fingerprint density at radius 1 is 0.562 bits per heavy atom. The number of esters is 2. The first-order valence-corrected chi connectivity index (χ1v) is 26.2. The number of carboxylic acids is 1. The smallest absolute Gasteiger partial charge is 0.407 e. The minimum atomic E-state index is -2.14. The third-order valence-electron chi connectivity index (χ3n) is 13.5. The molecule has 0 aromatic heterocycles. The number of hydrogen-bond acceptors (Lipinski definition) is 17. The number of amides is 2. The molecule has 0 bridgehead atoms. The van der Waals surface area contributed by atoms with Crippen LogP contribution in [0.4, 0.5) is 4.79 Å². The second-order valence-electron chi connectivity index (χ2n) is 21.5. The van der Waals surface area contributed by atoms with Gasteiger partial charge < -0.3 is 73.7 Å². The first-order valence-electron chi connectivity index (χ1n) is 26.2. The van der Waals surface area contributed by atoms with E-state index in [9.17, 15) is 44.4 Å². The summed E-state index contributed by atoms with van der Waals surface area (Å²) in [6.07, 6.45) is -18.1. The lowest BCUT2D eigenvalue weighted by Crippen LogP contribution is -2.69. The van der Waals surface area contributed by atoms with E-state index in [4.69, 9.17) is 42.6 Å². The molecule has 2 saturated heterocycles. The molecule has 80 heavy (non-hydrogen) atoms. The number of aliphatic carboxylic acids is 1. The molecule has 1 aliphatic carbocycles. The van der Waals surface area contributed by atoms with Gasteiger partial charge in [-0.3, -0.25) is 4.79 Å². The van der Waals surface area contributed by atoms with E-state index < -0.39 is 140 Å². The fourth-order valence-corrected chi connectivity index (χ4v) is 10.2. The number of hydrogen-bond donors (Lipinski definition) is 6. The molecule has 2 fully saturated rings. The van der Waals surface area contributed by atoms with Gasteiger partial charge in [-0.05, 0) is 80.5 Å². The molecule has 2 amide bonds. The first-order chi connectivity index (χ1) is 38.2. The van der Waals surface area contributed by atoms with Gasteiger partial charge in [-0.1, -0.05) is 140 Å². The summed E-state index contributed by atoms with van der Waals surface area (Å²) < 4.78 is 53.9. The quantitative estimate of drug-likeness (QED) is 0.0336. The second-order valence-corrected chi connectivity index (χ2v) is 21.5. The van der Waals surface area contributed by atoms with Crippen LogP contribution in [0.15, 0.2) is 140 Å². The summed E-state index contributed by atoms with van der Waals surface area (Å²) in [6.45, 7) is 6.15. The maximum Gasteiger partial charge on any atom is 0.407 e. The van der Waals surface area contributed by atoms with E-state index in [-0.39, 0.29) is 6.61 Å². The third kappa shape index (κ3) is 13.9. The van der Waals surface area contributed by atoms with Gasteiger partial charge in [0.2, 0.25) is 5.91 Å². The van der Waals surface area contributed by atoms with Crippen LogP contribution in [0.25, 0.3) is 11.1 Å². The molecule has 20 heteroatoms. The Labute approximate surface area is 463 Å². The summed E-state index contributed by atoms with van der Waals surface area (Å²) in [5.74, 6) is -4.59. The summed E-state index contributed by atoms with van der Waals surface area (Å²) in [5.41, 5.74) is 2.58. The largest absolute Gasteiger partial charge is 0.479 e. The maximum atomic E-state index is 14.7. The van der Waals surface area contributed by atoms with Gasteiger partial charge in [-0.2, -0.15) is 0 Å². The number of aliphatic hydroxyl groups is 3. The molecule has 2 heterocycles. The van der Waals surface area contributed by atoms with Crippen LogP contribution in [0.1, 0.15) is 75.3 Å². The van der Waals surface area contributed by atoms with Crippen molar-refractivity contribution in [2.24, 2.45) is 0 Å². The molecule has 0 saturated carbocycles. The summed E-state index contributed by atoms with van der Waals surface area (Å²) in [5, 5.41) is 49.6. The van der Waals surface area contributed by atoms with Gasteiger partial charge in [-0.15, -0.1) is 0 Å². The van der Waals surface area contributed by atoms with Crippen LogP contribution in [-0.2, 0) is 67.3 Å². The topological polar surface area (TPSA) is 273 Å². The zero-order chi connectivity index (χ0) is 57.4. The standard InChI is InChI=1S/C60H68N2O18/c1-58(2,3)79-45(65)33-72-51-47(61-57(71)75-31-42-40-28-18-16-26-38(40)39-27-17-19-29-41(39)42)55(74-32-44(64)62-60(35-20-10-7-11-21-35,36-22-12-8-13-23-36)37-24-14-9-15-25-37)76-43(30-63)50(51)77-56-53(73-34-46(66)80-59(4,5)6)49(68)48(67)52(78-56)54(69)70/h7-29,42-43,47-53,55-56,63,67-68H,30-34H2,1-6H3,(H,61,71)(H,62,64)(H,69,70)/t43-,47-,48+,49+,50-,51+,52+,53-,55-,56-/m1/s1. The number of carboxylic acid groups (broad SMARTS) is 1. The molecule has 426 valence electrons. The van der Waals surface area contributed by atoms with E-state index in [1.807, 2.05) is 140 Å². The number of nitrogens with one attached hydrogen (secondary N) is 2. The molecule has 6 N–H and O–H groups in total. The minimum absolute atomic E-state index is 0.173. The number of carbonyl (C=O) groups is 5. The van der Waals surface area contributed by atoms with E-state index in [1.54, 1.807) is 41.5 Å². The van der Waals surface area contributed by atoms with Crippen LogP contribution in [0, 0.1) is 0 Å². The fourth-order valence-electron chi connectivity index (χ4n) is 10.2. The average molecular weight is 1110 g/mol. The molecule has 5 aromatic rings. The van der Waals surface area contributed by atoms with Crippen molar-refractivity contribution in [1.29, 1.82) is 0 Å². The average Bonchev–Trinajstić information content (AvgIpc) is 3.82. The SMILES string of the molecule is CC(C)(C)OC(=O)CO[C@H]1[C@H](O[C@H]2[C@@H](OCC(=O)OC(C)(C)C)[C@@H](NC(=O)OCC3c4ccccc4-c4ccccc43)[C@H](OCC(=O)NC(c3ccccc3)(c3ccccc3)c3ccccc3)O[C@@H]2CO)O[C@H](C(=O)O)[C@@H](O)[C@@H]1O. The summed E-state index contributed by atoms with van der Waals surface area (Å²) in [6, 6.07) is 41.6. The predicted molar refractivity (Wildman–Crippen MR) is 285 cm³/mol. The van der Waals surface area contributed by atoms with Crippen molar-refractivity contribution >= 4 is 29.9 Å². The van der Waals surface area contributed by atoms with Gasteiger partial charge in [0.15, 0.2) is 18.7 Å². The van der Waals surface area contributed by atoms with Gasteiger partial charge in [0, 0.05) is 5.92 Å². The molecule has 20 nitrogen and oxygen atoms in total. The van der Waals surface area contributed by atoms with Gasteiger partial charge in [0.1, 0.15) is 85.8 Å². The Morgan fingerprint density at radius 2 is 1.04 bits per heavy atom. The fraction of sp³-hybridized carbons (Fsp3) is 0.417. The second kappa shape index (κ2) is 25.6. The van der Waals surface area contributed by atoms with E-state index in [0.717, 1.165) is 22.3 Å². The number of ether oxygens (including phenoxy) is 9. The molecule has 2 aliphatic heterocycles. The van der Waals surface area contributed by atoms with Crippen molar-refractivity contribution in [3.63, 3.8) is 0 Å². The molecule has 0 radical (unpaired) electrons. The van der Waals surface area contributed by atoms with E-state index in [1.165, 1.54) is 0 Å². The predicted octanol–water partition coefficient (Wildman–Crippen LogP) is 5.11. The highest BCUT2D eigenvalue weighted by atomic mass is 16.8.